The van der Waals surface area contributed by atoms with E-state index < -0.39 is 34.8 Å². The van der Waals surface area contributed by atoms with Crippen molar-refractivity contribution in [3.05, 3.63) is 252 Å². The molecule has 6 aromatic rings. The second-order valence-corrected chi connectivity index (χ2v) is 26.3. The Morgan fingerprint density at radius 1 is 0.304 bits per heavy atom. The van der Waals surface area contributed by atoms with Crippen LogP contribution in [0.4, 0.5) is 39.5 Å². The smallest absolute Gasteiger partial charge is 0.402 e. The Bertz CT molecular complexity index is 3770. The normalized spacial score (nSPS) is 20.8. The highest BCUT2D eigenvalue weighted by molar-refractivity contribution is 5.55. The number of epoxide rings is 6. The summed E-state index contributed by atoms with van der Waals surface area (Å²) in [6, 6.07) is 28.3. The third kappa shape index (κ3) is 19.1. The first-order chi connectivity index (χ1) is 48.8. The van der Waals surface area contributed by atoms with Crippen LogP contribution in [0.5, 0.6) is 34.5 Å². The van der Waals surface area contributed by atoms with Crippen molar-refractivity contribution in [3.8, 4) is 34.5 Å². The van der Waals surface area contributed by atoms with Crippen molar-refractivity contribution < 1.29 is 96.4 Å². The summed E-state index contributed by atoms with van der Waals surface area (Å²) >= 11 is 0. The lowest BCUT2D eigenvalue weighted by Crippen LogP contribution is -2.42. The molecule has 0 saturated carbocycles. The van der Waals surface area contributed by atoms with Gasteiger partial charge in [0.1, 0.15) is 127 Å². The van der Waals surface area contributed by atoms with E-state index in [1.807, 2.05) is 0 Å². The largest absolute Gasteiger partial charge is 0.491 e. The van der Waals surface area contributed by atoms with Crippen LogP contribution in [0.3, 0.4) is 0 Å². The molecule has 6 aromatic carbocycles. The fourth-order valence-corrected chi connectivity index (χ4v) is 12.0. The van der Waals surface area contributed by atoms with Gasteiger partial charge in [0.15, 0.2) is 0 Å². The molecular formula is C81H87F9O12. The molecule has 6 saturated heterocycles. The molecule has 6 aliphatic heterocycles. The number of alkyl halides is 9. The molecule has 7 atom stereocenters. The summed E-state index contributed by atoms with van der Waals surface area (Å²) in [5.41, 5.74) is -2.35. The Balaban J connectivity index is 0.000000165. The Kier molecular flexibility index (Phi) is 24.7. The Hall–Kier alpha value is -8.31. The van der Waals surface area contributed by atoms with Crippen LogP contribution in [-0.4, -0.2) is 134 Å². The second kappa shape index (κ2) is 33.0. The molecule has 6 fully saturated rings. The zero-order chi connectivity index (χ0) is 73.0. The summed E-state index contributed by atoms with van der Waals surface area (Å²) in [5, 5.41) is 0. The van der Waals surface area contributed by atoms with Gasteiger partial charge in [-0.3, -0.25) is 0 Å². The van der Waals surface area contributed by atoms with Crippen LogP contribution in [0.25, 0.3) is 0 Å². The average Bonchev–Trinajstić information content (AvgIpc) is 1.36. The molecule has 12 rings (SSSR count). The maximum Gasteiger partial charge on any atom is 0.402 e. The van der Waals surface area contributed by atoms with E-state index in [-0.39, 0.29) is 89.3 Å². The highest BCUT2D eigenvalue weighted by Crippen LogP contribution is 2.52. The summed E-state index contributed by atoms with van der Waals surface area (Å²) in [6.45, 7) is 32.2. The van der Waals surface area contributed by atoms with Crippen LogP contribution >= 0.6 is 0 Å². The zero-order valence-electron chi connectivity index (χ0n) is 57.6. The van der Waals surface area contributed by atoms with E-state index in [9.17, 15) is 39.5 Å². The van der Waals surface area contributed by atoms with Crippen molar-refractivity contribution in [1.82, 2.24) is 0 Å². The van der Waals surface area contributed by atoms with E-state index in [0.29, 0.717) is 166 Å². The maximum absolute atomic E-state index is 14.9. The lowest BCUT2D eigenvalue weighted by atomic mass is 9.71. The molecule has 6 heterocycles. The fraction of sp³-hybridized carbons (Fsp3) is 0.407. The van der Waals surface area contributed by atoms with Gasteiger partial charge in [0.2, 0.25) is 0 Å². The highest BCUT2D eigenvalue weighted by Gasteiger charge is 2.57. The quantitative estimate of drug-likeness (QED) is 0.0211. The molecule has 0 bridgehead atoms. The van der Waals surface area contributed by atoms with Gasteiger partial charge < -0.3 is 56.8 Å². The molecule has 0 spiro atoms. The monoisotopic (exact) mass is 1420 g/mol. The third-order valence-electron chi connectivity index (χ3n) is 18.6. The van der Waals surface area contributed by atoms with Gasteiger partial charge in [-0.2, -0.15) is 39.5 Å². The summed E-state index contributed by atoms with van der Waals surface area (Å²) < 4.78 is 199. The van der Waals surface area contributed by atoms with Crippen molar-refractivity contribution in [3.63, 3.8) is 0 Å². The van der Waals surface area contributed by atoms with Crippen LogP contribution in [0.15, 0.2) is 185 Å². The Morgan fingerprint density at radius 2 is 0.529 bits per heavy atom. The standard InChI is InChI=1S/3C27H29F3O4/c1-4-6-18-13-21(31-14-22-15-32-22)9-10-24(18)26(3,27(28,29)30)20-8-11-25(19(12-20)7-5-2)34-17-23-16-33-23;1-4-6-18-12-20(31-14-22-16-33-22)8-10-24(18)26(3,27(28,29)30)25-11-9-21(13-19(25)7-5-2)32-15-23-17-34-23;1-4-6-18-12-20(8-10-24(18)33-16-22-14-31-22)26(3,27(28,29)30)21-9-11-25(19(13-21)7-5-2)34-17-23-15-32-23/h3*4-5,8-13,22-23H,1-2,6-7,14-17H2,3H3. The minimum atomic E-state index is -4.56. The van der Waals surface area contributed by atoms with Gasteiger partial charge >= 0.3 is 18.5 Å². The third-order valence-corrected chi connectivity index (χ3v) is 18.6. The molecule has 546 valence electrons. The number of allylic oxidation sites excluding steroid dienone is 6. The first-order valence-corrected chi connectivity index (χ1v) is 33.9. The predicted molar refractivity (Wildman–Crippen MR) is 371 cm³/mol. The molecule has 6 aliphatic rings. The van der Waals surface area contributed by atoms with E-state index in [1.165, 1.54) is 57.2 Å². The molecule has 0 amide bonds. The van der Waals surface area contributed by atoms with Gasteiger partial charge in [-0.25, -0.2) is 0 Å². The zero-order valence-corrected chi connectivity index (χ0v) is 57.6. The van der Waals surface area contributed by atoms with Crippen LogP contribution in [0.1, 0.15) is 87.5 Å². The summed E-state index contributed by atoms with van der Waals surface area (Å²) in [7, 11) is 0. The predicted octanol–water partition coefficient (Wildman–Crippen LogP) is 16.7. The molecular weight excluding hydrogens is 1340 g/mol. The number of hydrogen-bond acceptors (Lipinski definition) is 12. The number of hydrogen-bond donors (Lipinski definition) is 0. The lowest BCUT2D eigenvalue weighted by Gasteiger charge is -2.36. The minimum absolute atomic E-state index is 0.0466. The second-order valence-electron chi connectivity index (χ2n) is 26.3. The van der Waals surface area contributed by atoms with Crippen LogP contribution in [0.2, 0.25) is 0 Å². The summed E-state index contributed by atoms with van der Waals surface area (Å²) in [5.74, 6) is 3.17. The van der Waals surface area contributed by atoms with Gasteiger partial charge in [-0.1, -0.05) is 91.1 Å². The minimum Gasteiger partial charge on any atom is -0.491 e. The van der Waals surface area contributed by atoms with E-state index >= 15 is 0 Å². The number of halogens is 9. The van der Waals surface area contributed by atoms with E-state index in [1.54, 1.807) is 109 Å². The van der Waals surface area contributed by atoms with E-state index in [2.05, 4.69) is 39.5 Å². The lowest BCUT2D eigenvalue weighted by molar-refractivity contribution is -0.174. The molecule has 0 aromatic heterocycles. The number of ether oxygens (including phenoxy) is 12. The van der Waals surface area contributed by atoms with Crippen LogP contribution in [-0.2, 0) is 83.2 Å². The van der Waals surface area contributed by atoms with E-state index in [0.717, 1.165) is 0 Å². The average molecular weight is 1420 g/mol. The van der Waals surface area contributed by atoms with Crippen molar-refractivity contribution in [2.75, 3.05) is 79.3 Å². The topological polar surface area (TPSA) is 131 Å². The van der Waals surface area contributed by atoms with E-state index in [4.69, 9.17) is 56.8 Å². The summed E-state index contributed by atoms with van der Waals surface area (Å²) in [6.07, 6.45) is -1.59. The Morgan fingerprint density at radius 3 is 0.765 bits per heavy atom. The van der Waals surface area contributed by atoms with Crippen molar-refractivity contribution in [2.45, 2.75) is 131 Å². The maximum atomic E-state index is 14.9. The first-order valence-electron chi connectivity index (χ1n) is 33.9. The van der Waals surface area contributed by atoms with Crippen LogP contribution < -0.4 is 28.4 Å². The molecule has 12 nitrogen and oxygen atoms in total. The van der Waals surface area contributed by atoms with Gasteiger partial charge in [-0.15, -0.1) is 39.5 Å². The highest BCUT2D eigenvalue weighted by atomic mass is 19.4. The van der Waals surface area contributed by atoms with Gasteiger partial charge in [0.05, 0.1) is 39.6 Å². The van der Waals surface area contributed by atoms with Crippen LogP contribution in [0, 0.1) is 0 Å². The van der Waals surface area contributed by atoms with Gasteiger partial charge in [0.25, 0.3) is 0 Å². The molecule has 0 N–H and O–H groups in total. The SMILES string of the molecule is C=CCc1cc(C(C)(c2ccc(OCC3CO3)c(CC=C)c2)C(F)(F)F)ccc1OCC1CO1.C=CCc1cc(C(C)(c2ccc(OCC3CO3)cc2CC=C)C(F)(F)F)ccc1OCC1CO1.C=CCc1cc(OCC2CO2)ccc1C(C)(c1ccc(OCC2CO2)cc1CC=C)C(F)(F)F. The molecule has 0 aliphatic carbocycles. The first kappa shape index (κ1) is 76.3. The molecule has 21 heteroatoms. The molecule has 7 unspecified atom stereocenters. The number of rotatable bonds is 36. The summed E-state index contributed by atoms with van der Waals surface area (Å²) in [4.78, 5) is 0. The van der Waals surface area contributed by atoms with Gasteiger partial charge in [-0.05, 0) is 181 Å². The van der Waals surface area contributed by atoms with Gasteiger partial charge in [0, 0.05) is 0 Å². The Labute approximate surface area is 590 Å². The molecule has 102 heavy (non-hydrogen) atoms. The number of benzene rings is 6. The van der Waals surface area contributed by atoms with Crippen molar-refractivity contribution >= 4 is 0 Å². The fourth-order valence-electron chi connectivity index (χ4n) is 12.0. The van der Waals surface area contributed by atoms with Crippen molar-refractivity contribution in [1.29, 1.82) is 0 Å². The molecule has 0 radical (unpaired) electrons. The van der Waals surface area contributed by atoms with Crippen molar-refractivity contribution in [2.24, 2.45) is 0 Å².